The van der Waals surface area contributed by atoms with Crippen LogP contribution in [-0.4, -0.2) is 33.1 Å². The van der Waals surface area contributed by atoms with Gasteiger partial charge in [-0.1, -0.05) is 19.1 Å². The lowest BCUT2D eigenvalue weighted by molar-refractivity contribution is 0.0988. The topological polar surface area (TPSA) is 29.5 Å². The van der Waals surface area contributed by atoms with Crippen molar-refractivity contribution in [2.75, 3.05) is 32.2 Å². The van der Waals surface area contributed by atoms with Gasteiger partial charge < -0.3 is 9.64 Å². The van der Waals surface area contributed by atoms with E-state index in [-0.39, 0.29) is 5.78 Å². The molecular weight excluding hydrogens is 202 g/mol. The van der Waals surface area contributed by atoms with Gasteiger partial charge in [0.15, 0.2) is 5.78 Å². The van der Waals surface area contributed by atoms with Crippen LogP contribution in [-0.2, 0) is 4.74 Å². The zero-order valence-corrected chi connectivity index (χ0v) is 10.2. The molecular formula is C13H19NO2. The van der Waals surface area contributed by atoms with E-state index >= 15 is 0 Å². The molecule has 0 radical (unpaired) electrons. The molecule has 0 amide bonds. The van der Waals surface area contributed by atoms with Gasteiger partial charge in [-0.3, -0.25) is 4.79 Å². The first-order valence-corrected chi connectivity index (χ1v) is 5.53. The number of ketones is 1. The summed E-state index contributed by atoms with van der Waals surface area (Å²) in [5, 5.41) is 0. The van der Waals surface area contributed by atoms with Gasteiger partial charge in [0.25, 0.3) is 0 Å². The molecule has 0 saturated carbocycles. The zero-order valence-electron chi connectivity index (χ0n) is 10.2. The van der Waals surface area contributed by atoms with Crippen molar-refractivity contribution in [2.24, 2.45) is 0 Å². The van der Waals surface area contributed by atoms with E-state index in [9.17, 15) is 4.79 Å². The number of carbonyl (C=O) groups is 1. The Labute approximate surface area is 97.0 Å². The van der Waals surface area contributed by atoms with Crippen molar-refractivity contribution < 1.29 is 9.53 Å². The maximum Gasteiger partial charge on any atom is 0.164 e. The molecule has 0 aliphatic carbocycles. The number of ether oxygens (including phenoxy) is 1. The van der Waals surface area contributed by atoms with Crippen LogP contribution in [0.15, 0.2) is 24.3 Å². The molecule has 0 unspecified atom stereocenters. The van der Waals surface area contributed by atoms with Crippen LogP contribution in [0.5, 0.6) is 0 Å². The maximum atomic E-state index is 11.8. The lowest BCUT2D eigenvalue weighted by atomic mass is 10.1. The number of para-hydroxylation sites is 1. The number of benzene rings is 1. The Morgan fingerprint density at radius 1 is 1.38 bits per heavy atom. The molecule has 0 spiro atoms. The van der Waals surface area contributed by atoms with Gasteiger partial charge in [-0.15, -0.1) is 0 Å². The predicted octanol–water partition coefficient (Wildman–Crippen LogP) is 2.36. The van der Waals surface area contributed by atoms with Crippen molar-refractivity contribution >= 4 is 11.5 Å². The fraction of sp³-hybridized carbons (Fsp3) is 0.462. The standard InChI is InChI=1S/C13H19NO2/c1-4-13(15)11-7-5-6-8-12(11)14(2)9-10-16-3/h5-8H,4,9-10H2,1-3H3. The molecule has 0 atom stereocenters. The third-order valence-corrected chi connectivity index (χ3v) is 2.57. The number of hydrogen-bond acceptors (Lipinski definition) is 3. The van der Waals surface area contributed by atoms with E-state index < -0.39 is 0 Å². The lowest BCUT2D eigenvalue weighted by Crippen LogP contribution is -2.24. The van der Waals surface area contributed by atoms with Crippen LogP contribution >= 0.6 is 0 Å². The molecule has 3 nitrogen and oxygen atoms in total. The van der Waals surface area contributed by atoms with Gasteiger partial charge >= 0.3 is 0 Å². The number of rotatable bonds is 6. The molecule has 0 aromatic heterocycles. The fourth-order valence-corrected chi connectivity index (χ4v) is 1.58. The van der Waals surface area contributed by atoms with Crippen LogP contribution < -0.4 is 4.90 Å². The summed E-state index contributed by atoms with van der Waals surface area (Å²) in [6.45, 7) is 3.32. The molecule has 0 fully saturated rings. The minimum Gasteiger partial charge on any atom is -0.383 e. The maximum absolute atomic E-state index is 11.8. The minimum atomic E-state index is 0.180. The Morgan fingerprint density at radius 3 is 2.69 bits per heavy atom. The summed E-state index contributed by atoms with van der Waals surface area (Å²) in [5.74, 6) is 0.180. The van der Waals surface area contributed by atoms with E-state index in [0.29, 0.717) is 13.0 Å². The van der Waals surface area contributed by atoms with Crippen molar-refractivity contribution in [3.8, 4) is 0 Å². The molecule has 1 rings (SSSR count). The SMILES string of the molecule is CCC(=O)c1ccccc1N(C)CCOC. The highest BCUT2D eigenvalue weighted by atomic mass is 16.5. The third-order valence-electron chi connectivity index (χ3n) is 2.57. The second-order valence-electron chi connectivity index (χ2n) is 3.71. The van der Waals surface area contributed by atoms with Crippen molar-refractivity contribution in [3.05, 3.63) is 29.8 Å². The highest BCUT2D eigenvalue weighted by molar-refractivity contribution is 6.01. The first-order valence-electron chi connectivity index (χ1n) is 5.53. The Kier molecular flexibility index (Phi) is 4.99. The number of likely N-dealkylation sites (N-methyl/N-ethyl adjacent to an activating group) is 1. The zero-order chi connectivity index (χ0) is 12.0. The van der Waals surface area contributed by atoms with Crippen LogP contribution in [0.3, 0.4) is 0 Å². The van der Waals surface area contributed by atoms with Crippen molar-refractivity contribution in [1.82, 2.24) is 0 Å². The summed E-state index contributed by atoms with van der Waals surface area (Å²) in [7, 11) is 3.65. The van der Waals surface area contributed by atoms with Crippen molar-refractivity contribution in [3.63, 3.8) is 0 Å². The van der Waals surface area contributed by atoms with Gasteiger partial charge in [-0.2, -0.15) is 0 Å². The van der Waals surface area contributed by atoms with E-state index in [1.807, 2.05) is 43.1 Å². The summed E-state index contributed by atoms with van der Waals surface area (Å²) in [6, 6.07) is 7.70. The lowest BCUT2D eigenvalue weighted by Gasteiger charge is -2.21. The summed E-state index contributed by atoms with van der Waals surface area (Å²) in [5.41, 5.74) is 1.77. The van der Waals surface area contributed by atoms with Gasteiger partial charge in [-0.05, 0) is 12.1 Å². The highest BCUT2D eigenvalue weighted by Gasteiger charge is 2.11. The molecule has 0 bridgehead atoms. The normalized spacial score (nSPS) is 10.2. The molecule has 0 heterocycles. The van der Waals surface area contributed by atoms with E-state index in [0.717, 1.165) is 17.8 Å². The van der Waals surface area contributed by atoms with Gasteiger partial charge in [0.1, 0.15) is 0 Å². The van der Waals surface area contributed by atoms with E-state index in [1.165, 1.54) is 0 Å². The second kappa shape index (κ2) is 6.28. The third kappa shape index (κ3) is 3.07. The first kappa shape index (κ1) is 12.7. The van der Waals surface area contributed by atoms with E-state index in [1.54, 1.807) is 7.11 Å². The largest absolute Gasteiger partial charge is 0.383 e. The van der Waals surface area contributed by atoms with E-state index in [4.69, 9.17) is 4.74 Å². The number of hydrogen-bond donors (Lipinski definition) is 0. The molecule has 88 valence electrons. The molecule has 0 aliphatic rings. The first-order chi connectivity index (χ1) is 7.70. The minimum absolute atomic E-state index is 0.180. The Balaban J connectivity index is 2.89. The number of anilines is 1. The van der Waals surface area contributed by atoms with Crippen LogP contribution in [0.4, 0.5) is 5.69 Å². The Morgan fingerprint density at radius 2 is 2.06 bits per heavy atom. The summed E-state index contributed by atoms with van der Waals surface area (Å²) < 4.78 is 5.03. The average molecular weight is 221 g/mol. The van der Waals surface area contributed by atoms with Crippen molar-refractivity contribution in [1.29, 1.82) is 0 Å². The highest BCUT2D eigenvalue weighted by Crippen LogP contribution is 2.20. The average Bonchev–Trinajstić information content (AvgIpc) is 2.35. The molecule has 0 aliphatic heterocycles. The van der Waals surface area contributed by atoms with Gasteiger partial charge in [0, 0.05) is 38.4 Å². The quantitative estimate of drug-likeness (QED) is 0.691. The van der Waals surface area contributed by atoms with E-state index in [2.05, 4.69) is 0 Å². The second-order valence-corrected chi connectivity index (χ2v) is 3.71. The number of Topliss-reactive ketones (excluding diaryl/α,β-unsaturated/α-hetero) is 1. The summed E-state index contributed by atoms with van der Waals surface area (Å²) in [6.07, 6.45) is 0.537. The monoisotopic (exact) mass is 221 g/mol. The van der Waals surface area contributed by atoms with Gasteiger partial charge in [-0.25, -0.2) is 0 Å². The number of nitrogens with zero attached hydrogens (tertiary/aromatic N) is 1. The number of carbonyl (C=O) groups excluding carboxylic acids is 1. The summed E-state index contributed by atoms with van der Waals surface area (Å²) in [4.78, 5) is 13.8. The molecule has 16 heavy (non-hydrogen) atoms. The molecule has 0 saturated heterocycles. The smallest absolute Gasteiger partial charge is 0.164 e. The molecule has 1 aromatic carbocycles. The molecule has 1 aromatic rings. The van der Waals surface area contributed by atoms with Crippen LogP contribution in [0.1, 0.15) is 23.7 Å². The fourth-order valence-electron chi connectivity index (χ4n) is 1.58. The van der Waals surface area contributed by atoms with Gasteiger partial charge in [0.2, 0.25) is 0 Å². The molecule has 3 heteroatoms. The summed E-state index contributed by atoms with van der Waals surface area (Å²) >= 11 is 0. The number of methoxy groups -OCH3 is 1. The van der Waals surface area contributed by atoms with Crippen LogP contribution in [0, 0.1) is 0 Å². The van der Waals surface area contributed by atoms with Crippen molar-refractivity contribution in [2.45, 2.75) is 13.3 Å². The Bertz CT molecular complexity index is 350. The van der Waals surface area contributed by atoms with Gasteiger partial charge in [0.05, 0.1) is 6.61 Å². The Hall–Kier alpha value is -1.35. The van der Waals surface area contributed by atoms with Crippen LogP contribution in [0.2, 0.25) is 0 Å². The molecule has 0 N–H and O–H groups in total. The van der Waals surface area contributed by atoms with Crippen LogP contribution in [0.25, 0.3) is 0 Å². The predicted molar refractivity (Wildman–Crippen MR) is 66.2 cm³/mol.